The van der Waals surface area contributed by atoms with Gasteiger partial charge in [0.25, 0.3) is 0 Å². The fourth-order valence-electron chi connectivity index (χ4n) is 3.68. The van der Waals surface area contributed by atoms with Gasteiger partial charge in [-0.1, -0.05) is 55.3 Å². The topological polar surface area (TPSA) is 81.4 Å². The number of rotatable bonds is 6. The predicted molar refractivity (Wildman–Crippen MR) is 109 cm³/mol. The van der Waals surface area contributed by atoms with Crippen LogP contribution in [0.2, 0.25) is 0 Å². The fraction of sp³-hybridized carbons (Fsp3) is 0.429. The van der Waals surface area contributed by atoms with E-state index < -0.39 is 11.5 Å². The van der Waals surface area contributed by atoms with Gasteiger partial charge in [-0.3, -0.25) is 9.59 Å². The van der Waals surface area contributed by atoms with Crippen molar-refractivity contribution in [3.05, 3.63) is 48.0 Å². The summed E-state index contributed by atoms with van der Waals surface area (Å²) in [6.45, 7) is 0.233. The minimum atomic E-state index is -0.788. The van der Waals surface area contributed by atoms with Gasteiger partial charge in [0, 0.05) is 6.54 Å². The Bertz CT molecular complexity index is 803. The molecule has 0 aromatic heterocycles. The van der Waals surface area contributed by atoms with Crippen LogP contribution in [0.1, 0.15) is 31.2 Å². The third-order valence-corrected chi connectivity index (χ3v) is 5.29. The molecule has 1 fully saturated rings. The molecule has 1 aliphatic rings. The molecule has 1 aliphatic carbocycles. The summed E-state index contributed by atoms with van der Waals surface area (Å²) in [5, 5.41) is 5.16. The molecule has 146 valence electrons. The maximum Gasteiger partial charge on any atom is 0.310 e. The van der Waals surface area contributed by atoms with Crippen LogP contribution in [0.25, 0.3) is 10.8 Å². The molecule has 1 amide bonds. The van der Waals surface area contributed by atoms with Crippen LogP contribution < -0.4 is 11.1 Å². The first-order valence-corrected chi connectivity index (χ1v) is 9.14. The first kappa shape index (κ1) is 21.2. The Kier molecular flexibility index (Phi) is 7.22. The zero-order chi connectivity index (χ0) is 18.6. The summed E-state index contributed by atoms with van der Waals surface area (Å²) in [7, 11) is 1.37. The highest BCUT2D eigenvalue weighted by Gasteiger charge is 2.37. The molecule has 6 heteroatoms. The van der Waals surface area contributed by atoms with Gasteiger partial charge < -0.3 is 15.8 Å². The summed E-state index contributed by atoms with van der Waals surface area (Å²) in [5.74, 6) is -0.923. The standard InChI is InChI=1S/C21H26N2O3.ClH/c1-26-19(24)18(14-23-20(25)21(22)10-4-5-11-21)13-15-8-9-16-6-2-3-7-17(16)12-15;/h2-3,6-9,12,18H,4-5,10-11,13-14,22H2,1H3,(H,23,25);1H. The molecule has 1 atom stereocenters. The molecule has 1 saturated carbocycles. The number of halogens is 1. The van der Waals surface area contributed by atoms with Crippen molar-refractivity contribution < 1.29 is 14.3 Å². The lowest BCUT2D eigenvalue weighted by atomic mass is 9.95. The number of nitrogens with two attached hydrogens (primary N) is 1. The van der Waals surface area contributed by atoms with Crippen LogP contribution in [0.4, 0.5) is 0 Å². The molecule has 3 rings (SSSR count). The van der Waals surface area contributed by atoms with E-state index in [1.807, 2.05) is 30.3 Å². The Morgan fingerprint density at radius 2 is 1.81 bits per heavy atom. The number of fused-ring (bicyclic) bond motifs is 1. The number of hydrogen-bond acceptors (Lipinski definition) is 4. The highest BCUT2D eigenvalue weighted by atomic mass is 35.5. The molecular weight excluding hydrogens is 364 g/mol. The Morgan fingerprint density at radius 3 is 2.48 bits per heavy atom. The predicted octanol–water partition coefficient (Wildman–Crippen LogP) is 2.98. The molecule has 3 N–H and O–H groups in total. The summed E-state index contributed by atoms with van der Waals surface area (Å²) in [6, 6.07) is 14.2. The first-order chi connectivity index (χ1) is 12.5. The number of benzene rings is 2. The lowest BCUT2D eigenvalue weighted by Gasteiger charge is -2.24. The molecule has 0 saturated heterocycles. The second kappa shape index (κ2) is 9.20. The summed E-state index contributed by atoms with van der Waals surface area (Å²) in [5.41, 5.74) is 6.43. The third kappa shape index (κ3) is 4.99. The van der Waals surface area contributed by atoms with E-state index in [9.17, 15) is 9.59 Å². The number of esters is 1. The van der Waals surface area contributed by atoms with E-state index in [0.29, 0.717) is 19.3 Å². The second-order valence-corrected chi connectivity index (χ2v) is 7.18. The number of carbonyl (C=O) groups is 2. The van der Waals surface area contributed by atoms with Gasteiger partial charge >= 0.3 is 5.97 Å². The van der Waals surface area contributed by atoms with E-state index in [1.165, 1.54) is 7.11 Å². The van der Waals surface area contributed by atoms with Crippen LogP contribution in [0.15, 0.2) is 42.5 Å². The molecule has 2 aromatic carbocycles. The number of nitrogens with one attached hydrogen (secondary N) is 1. The molecule has 5 nitrogen and oxygen atoms in total. The van der Waals surface area contributed by atoms with Crippen molar-refractivity contribution >= 4 is 35.1 Å². The van der Waals surface area contributed by atoms with Gasteiger partial charge in [0.05, 0.1) is 18.6 Å². The molecule has 27 heavy (non-hydrogen) atoms. The lowest BCUT2D eigenvalue weighted by Crippen LogP contribution is -2.53. The Labute approximate surface area is 166 Å². The highest BCUT2D eigenvalue weighted by Crippen LogP contribution is 2.27. The second-order valence-electron chi connectivity index (χ2n) is 7.18. The number of ether oxygens (including phenoxy) is 1. The van der Waals surface area contributed by atoms with Crippen molar-refractivity contribution in [2.75, 3.05) is 13.7 Å². The first-order valence-electron chi connectivity index (χ1n) is 9.14. The molecule has 0 aliphatic heterocycles. The summed E-state index contributed by atoms with van der Waals surface area (Å²) in [4.78, 5) is 24.6. The van der Waals surface area contributed by atoms with Crippen molar-refractivity contribution in [2.45, 2.75) is 37.6 Å². The Balaban J connectivity index is 0.00000261. The third-order valence-electron chi connectivity index (χ3n) is 5.29. The van der Waals surface area contributed by atoms with Crippen LogP contribution >= 0.6 is 12.4 Å². The van der Waals surface area contributed by atoms with Gasteiger partial charge in [-0.05, 0) is 35.6 Å². The van der Waals surface area contributed by atoms with Gasteiger partial charge in [0.15, 0.2) is 0 Å². The van der Waals surface area contributed by atoms with Crippen LogP contribution in [0, 0.1) is 5.92 Å². The lowest BCUT2D eigenvalue weighted by molar-refractivity contribution is -0.145. The molecule has 0 bridgehead atoms. The Hall–Kier alpha value is -2.11. The minimum absolute atomic E-state index is 0. The van der Waals surface area contributed by atoms with Crippen molar-refractivity contribution in [2.24, 2.45) is 11.7 Å². The van der Waals surface area contributed by atoms with Gasteiger partial charge in [-0.15, -0.1) is 12.4 Å². The normalized spacial score (nSPS) is 16.4. The van der Waals surface area contributed by atoms with Gasteiger partial charge in [-0.2, -0.15) is 0 Å². The SMILES string of the molecule is COC(=O)C(CNC(=O)C1(N)CCCC1)Cc1ccc2ccccc2c1.Cl. The quantitative estimate of drug-likeness (QED) is 0.743. The maximum absolute atomic E-state index is 12.4. The van der Waals surface area contributed by atoms with Crippen molar-refractivity contribution in [3.63, 3.8) is 0 Å². The minimum Gasteiger partial charge on any atom is -0.469 e. The zero-order valence-corrected chi connectivity index (χ0v) is 16.4. The van der Waals surface area contributed by atoms with Crippen molar-refractivity contribution in [3.8, 4) is 0 Å². The highest BCUT2D eigenvalue weighted by molar-refractivity contribution is 5.87. The smallest absolute Gasteiger partial charge is 0.310 e. The summed E-state index contributed by atoms with van der Waals surface area (Å²) >= 11 is 0. The largest absolute Gasteiger partial charge is 0.469 e. The molecule has 0 spiro atoms. The van der Waals surface area contributed by atoms with Crippen molar-refractivity contribution in [1.29, 1.82) is 0 Å². The average molecular weight is 391 g/mol. The number of amides is 1. The van der Waals surface area contributed by atoms with Gasteiger partial charge in [0.1, 0.15) is 0 Å². The van der Waals surface area contributed by atoms with E-state index in [4.69, 9.17) is 10.5 Å². The Morgan fingerprint density at radius 1 is 1.15 bits per heavy atom. The van der Waals surface area contributed by atoms with E-state index >= 15 is 0 Å². The summed E-state index contributed by atoms with van der Waals surface area (Å²) in [6.07, 6.45) is 3.86. The monoisotopic (exact) mass is 390 g/mol. The van der Waals surface area contributed by atoms with Gasteiger partial charge in [0.2, 0.25) is 5.91 Å². The summed E-state index contributed by atoms with van der Waals surface area (Å²) < 4.78 is 4.93. The number of hydrogen-bond donors (Lipinski definition) is 2. The molecular formula is C21H27ClN2O3. The van der Waals surface area contributed by atoms with Crippen LogP contribution in [0.5, 0.6) is 0 Å². The van der Waals surface area contributed by atoms with E-state index in [2.05, 4.69) is 17.4 Å². The molecule has 1 unspecified atom stereocenters. The van der Waals surface area contributed by atoms with Crippen LogP contribution in [-0.2, 0) is 20.7 Å². The molecule has 2 aromatic rings. The van der Waals surface area contributed by atoms with E-state index in [0.717, 1.165) is 29.2 Å². The zero-order valence-electron chi connectivity index (χ0n) is 15.6. The molecule has 0 heterocycles. The fourth-order valence-corrected chi connectivity index (χ4v) is 3.68. The van der Waals surface area contributed by atoms with Crippen molar-refractivity contribution in [1.82, 2.24) is 5.32 Å². The maximum atomic E-state index is 12.4. The van der Waals surface area contributed by atoms with E-state index in [1.54, 1.807) is 0 Å². The van der Waals surface area contributed by atoms with Crippen LogP contribution in [-0.4, -0.2) is 31.1 Å². The number of methoxy groups -OCH3 is 1. The van der Waals surface area contributed by atoms with Gasteiger partial charge in [-0.25, -0.2) is 0 Å². The van der Waals surface area contributed by atoms with Crippen LogP contribution in [0.3, 0.4) is 0 Å². The average Bonchev–Trinajstić information content (AvgIpc) is 3.12. The number of carbonyl (C=O) groups excluding carboxylic acids is 2. The van der Waals surface area contributed by atoms with E-state index in [-0.39, 0.29) is 30.8 Å². The molecule has 0 radical (unpaired) electrons.